The normalized spacial score (nSPS) is 16.2. The van der Waals surface area contributed by atoms with Crippen LogP contribution in [0.2, 0.25) is 0 Å². The second-order valence-electron chi connectivity index (χ2n) is 5.79. The number of hydrogen-bond acceptors (Lipinski definition) is 5. The molecule has 1 fully saturated rings. The van der Waals surface area contributed by atoms with Gasteiger partial charge in [0.25, 0.3) is 0 Å². The molecule has 0 unspecified atom stereocenters. The average molecular weight is 355 g/mol. The average Bonchev–Trinajstić information content (AvgIpc) is 3.04. The van der Waals surface area contributed by atoms with Crippen LogP contribution in [0.15, 0.2) is 36.7 Å². The third-order valence-electron chi connectivity index (χ3n) is 4.09. The number of aromatic nitrogens is 2. The Morgan fingerprint density at radius 3 is 2.52 bits per heavy atom. The summed E-state index contributed by atoms with van der Waals surface area (Å²) in [7, 11) is 0. The zero-order valence-corrected chi connectivity index (χ0v) is 13.2. The van der Waals surface area contributed by atoms with Crippen LogP contribution < -0.4 is 4.90 Å². The van der Waals surface area contributed by atoms with E-state index in [2.05, 4.69) is 5.10 Å². The van der Waals surface area contributed by atoms with Gasteiger partial charge in [-0.1, -0.05) is 6.07 Å². The number of anilines is 1. The van der Waals surface area contributed by atoms with Crippen molar-refractivity contribution >= 4 is 11.4 Å². The minimum Gasteiger partial charge on any atom is -0.369 e. The third-order valence-corrected chi connectivity index (χ3v) is 4.09. The van der Waals surface area contributed by atoms with Crippen molar-refractivity contribution in [2.75, 3.05) is 31.1 Å². The minimum atomic E-state index is -4.35. The van der Waals surface area contributed by atoms with E-state index in [4.69, 9.17) is 0 Å². The Morgan fingerprint density at radius 2 is 1.92 bits per heavy atom. The van der Waals surface area contributed by atoms with Gasteiger partial charge >= 0.3 is 11.9 Å². The first-order valence-corrected chi connectivity index (χ1v) is 7.64. The van der Waals surface area contributed by atoms with Crippen LogP contribution in [0, 0.1) is 10.1 Å². The fraction of sp³-hybridized carbons (Fsp3) is 0.400. The van der Waals surface area contributed by atoms with Crippen molar-refractivity contribution in [1.82, 2.24) is 14.7 Å². The molecule has 1 aliphatic rings. The number of nitrogens with zero attached hydrogens (tertiary/aromatic N) is 5. The Morgan fingerprint density at radius 1 is 1.20 bits per heavy atom. The molecule has 0 bridgehead atoms. The summed E-state index contributed by atoms with van der Waals surface area (Å²) in [5.74, 6) is 0. The van der Waals surface area contributed by atoms with Crippen LogP contribution in [0.5, 0.6) is 0 Å². The molecule has 134 valence electrons. The van der Waals surface area contributed by atoms with Crippen LogP contribution in [0.1, 0.15) is 5.56 Å². The highest BCUT2D eigenvalue weighted by atomic mass is 19.4. The lowest BCUT2D eigenvalue weighted by atomic mass is 10.1. The summed E-state index contributed by atoms with van der Waals surface area (Å²) >= 11 is 0. The van der Waals surface area contributed by atoms with Gasteiger partial charge in [-0.2, -0.15) is 18.3 Å². The Balaban J connectivity index is 1.59. The van der Waals surface area contributed by atoms with E-state index in [0.29, 0.717) is 38.5 Å². The summed E-state index contributed by atoms with van der Waals surface area (Å²) in [6.07, 6.45) is -1.80. The fourth-order valence-electron chi connectivity index (χ4n) is 2.76. The maximum Gasteiger partial charge on any atom is 0.416 e. The molecule has 1 aromatic carbocycles. The van der Waals surface area contributed by atoms with Crippen molar-refractivity contribution in [1.29, 1.82) is 0 Å². The summed E-state index contributed by atoms with van der Waals surface area (Å²) in [6.45, 7) is 2.81. The Bertz CT molecular complexity index is 754. The molecule has 0 saturated carbocycles. The van der Waals surface area contributed by atoms with Crippen molar-refractivity contribution in [3.63, 3.8) is 0 Å². The summed E-state index contributed by atoms with van der Waals surface area (Å²) in [5.41, 5.74) is -0.178. The Labute approximate surface area is 141 Å². The zero-order chi connectivity index (χ0) is 18.0. The van der Waals surface area contributed by atoms with Gasteiger partial charge in [-0.25, -0.2) is 0 Å². The summed E-state index contributed by atoms with van der Waals surface area (Å²) in [4.78, 5) is 14.1. The van der Waals surface area contributed by atoms with Gasteiger partial charge in [0.05, 0.1) is 17.2 Å². The predicted octanol–water partition coefficient (Wildman–Crippen LogP) is 2.59. The zero-order valence-electron chi connectivity index (χ0n) is 13.2. The van der Waals surface area contributed by atoms with Crippen molar-refractivity contribution in [2.24, 2.45) is 0 Å². The molecule has 1 aliphatic heterocycles. The first kappa shape index (κ1) is 17.2. The second-order valence-corrected chi connectivity index (χ2v) is 5.79. The van der Waals surface area contributed by atoms with Crippen molar-refractivity contribution in [3.05, 3.63) is 52.3 Å². The quantitative estimate of drug-likeness (QED) is 0.623. The molecule has 3 rings (SSSR count). The first-order valence-electron chi connectivity index (χ1n) is 7.64. The molecule has 0 N–H and O–H groups in total. The molecule has 7 nitrogen and oxygen atoms in total. The number of benzene rings is 1. The van der Waals surface area contributed by atoms with E-state index in [1.54, 1.807) is 6.07 Å². The van der Waals surface area contributed by atoms with Crippen molar-refractivity contribution < 1.29 is 18.1 Å². The highest BCUT2D eigenvalue weighted by molar-refractivity contribution is 5.49. The van der Waals surface area contributed by atoms with Gasteiger partial charge in [0.1, 0.15) is 12.4 Å². The number of rotatable bonds is 4. The molecule has 2 aromatic rings. The maximum absolute atomic E-state index is 12.8. The number of alkyl halides is 3. The van der Waals surface area contributed by atoms with Gasteiger partial charge in [-0.15, -0.1) is 0 Å². The van der Waals surface area contributed by atoms with Gasteiger partial charge in [-0.05, 0) is 18.2 Å². The molecule has 0 atom stereocenters. The molecule has 2 heterocycles. The fourth-order valence-corrected chi connectivity index (χ4v) is 2.76. The van der Waals surface area contributed by atoms with E-state index in [0.717, 1.165) is 12.1 Å². The molecular formula is C15H16F3N5O2. The Kier molecular flexibility index (Phi) is 4.62. The van der Waals surface area contributed by atoms with Gasteiger partial charge in [-0.3, -0.25) is 19.7 Å². The monoisotopic (exact) mass is 355 g/mol. The van der Waals surface area contributed by atoms with E-state index in [-0.39, 0.29) is 5.69 Å². The van der Waals surface area contributed by atoms with E-state index >= 15 is 0 Å². The lowest BCUT2D eigenvalue weighted by Gasteiger charge is -2.36. The van der Waals surface area contributed by atoms with Gasteiger partial charge in [0, 0.05) is 31.9 Å². The first-order chi connectivity index (χ1) is 11.8. The van der Waals surface area contributed by atoms with Crippen LogP contribution in [-0.2, 0) is 12.8 Å². The van der Waals surface area contributed by atoms with Crippen LogP contribution in [-0.4, -0.2) is 45.8 Å². The maximum atomic E-state index is 12.8. The lowest BCUT2D eigenvalue weighted by Crippen LogP contribution is -2.46. The van der Waals surface area contributed by atoms with Gasteiger partial charge in [0.15, 0.2) is 0 Å². The largest absolute Gasteiger partial charge is 0.416 e. The molecule has 0 spiro atoms. The standard InChI is InChI=1S/C15H16F3N5O2/c16-15(17,18)12-2-1-3-13(8-12)21-6-4-20(5-7-21)11-22-10-14(9-19-22)23(24)25/h1-3,8-10H,4-7,11H2. The van der Waals surface area contributed by atoms with Crippen molar-refractivity contribution in [2.45, 2.75) is 12.8 Å². The van der Waals surface area contributed by atoms with E-state index < -0.39 is 16.7 Å². The van der Waals surface area contributed by atoms with Crippen LogP contribution in [0.4, 0.5) is 24.5 Å². The van der Waals surface area contributed by atoms with Gasteiger partial charge in [0.2, 0.25) is 0 Å². The minimum absolute atomic E-state index is 0.0670. The van der Waals surface area contributed by atoms with Crippen LogP contribution >= 0.6 is 0 Å². The highest BCUT2D eigenvalue weighted by Gasteiger charge is 2.31. The topological polar surface area (TPSA) is 67.4 Å². The smallest absolute Gasteiger partial charge is 0.369 e. The number of halogens is 3. The molecule has 25 heavy (non-hydrogen) atoms. The Hall–Kier alpha value is -2.62. The SMILES string of the molecule is O=[N+]([O-])c1cnn(CN2CCN(c3cccc(C(F)(F)F)c3)CC2)c1. The molecule has 10 heteroatoms. The number of piperazine rings is 1. The summed E-state index contributed by atoms with van der Waals surface area (Å²) in [6, 6.07) is 5.30. The van der Waals surface area contributed by atoms with E-state index in [9.17, 15) is 23.3 Å². The molecule has 1 aromatic heterocycles. The molecular weight excluding hydrogens is 339 g/mol. The van der Waals surface area contributed by atoms with Crippen LogP contribution in [0.25, 0.3) is 0 Å². The molecule has 0 aliphatic carbocycles. The highest BCUT2D eigenvalue weighted by Crippen LogP contribution is 2.31. The number of hydrogen-bond donors (Lipinski definition) is 0. The predicted molar refractivity (Wildman–Crippen MR) is 84.1 cm³/mol. The summed E-state index contributed by atoms with van der Waals surface area (Å²) in [5, 5.41) is 14.6. The van der Waals surface area contributed by atoms with Gasteiger partial charge < -0.3 is 4.90 Å². The van der Waals surface area contributed by atoms with Crippen molar-refractivity contribution in [3.8, 4) is 0 Å². The van der Waals surface area contributed by atoms with E-state index in [1.807, 2.05) is 9.80 Å². The second kappa shape index (κ2) is 6.71. The third kappa shape index (κ3) is 4.08. The molecule has 0 amide bonds. The summed E-state index contributed by atoms with van der Waals surface area (Å²) < 4.78 is 39.9. The van der Waals surface area contributed by atoms with Crippen LogP contribution in [0.3, 0.4) is 0 Å². The molecule has 1 saturated heterocycles. The lowest BCUT2D eigenvalue weighted by molar-refractivity contribution is -0.385. The van der Waals surface area contributed by atoms with E-state index in [1.165, 1.54) is 23.1 Å². The molecule has 0 radical (unpaired) electrons. The number of nitro groups is 1.